The maximum atomic E-state index is 6.70. The van der Waals surface area contributed by atoms with Crippen molar-refractivity contribution in [3.05, 3.63) is 23.3 Å². The van der Waals surface area contributed by atoms with Crippen molar-refractivity contribution in [3.63, 3.8) is 0 Å². The topological polar surface area (TPSA) is 76.7 Å². The van der Waals surface area contributed by atoms with E-state index in [2.05, 4.69) is 72.8 Å². The summed E-state index contributed by atoms with van der Waals surface area (Å²) in [5, 5.41) is 5.18. The van der Waals surface area contributed by atoms with Gasteiger partial charge in [-0.15, -0.1) is 0 Å². The second-order valence-electron chi connectivity index (χ2n) is 13.1. The first-order chi connectivity index (χ1) is 19.0. The number of unbranched alkanes of at least 4 members (excludes halogenated alkanes) is 10. The molecule has 0 aliphatic carbocycles. The van der Waals surface area contributed by atoms with Crippen LogP contribution in [0.25, 0.3) is 0 Å². The highest BCUT2D eigenvalue weighted by molar-refractivity contribution is 7.99. The maximum absolute atomic E-state index is 6.70. The Morgan fingerprint density at radius 3 is 1.43 bits per heavy atom. The van der Waals surface area contributed by atoms with Crippen molar-refractivity contribution in [2.45, 2.75) is 154 Å². The van der Waals surface area contributed by atoms with E-state index in [1.165, 1.54) is 77.0 Å². The van der Waals surface area contributed by atoms with E-state index in [0.29, 0.717) is 5.95 Å². The third-order valence-corrected chi connectivity index (χ3v) is 8.97. The Morgan fingerprint density at radius 2 is 1.02 bits per heavy atom. The molecule has 0 bridgehead atoms. The minimum Gasteiger partial charge on any atom is -0.398 e. The van der Waals surface area contributed by atoms with Gasteiger partial charge < -0.3 is 11.1 Å². The Balaban J connectivity index is 2.22. The number of anilines is 3. The molecule has 0 fully saturated rings. The van der Waals surface area contributed by atoms with Crippen LogP contribution in [0.2, 0.25) is 0 Å². The van der Waals surface area contributed by atoms with Crippen LogP contribution in [0.4, 0.5) is 17.3 Å². The molecule has 1 heterocycles. The fraction of sp³-hybridized carbons (Fsp3) is 0.727. The minimum absolute atomic E-state index is 0.0723. The highest BCUT2D eigenvalue weighted by atomic mass is 32.2. The first kappa shape index (κ1) is 34.7. The van der Waals surface area contributed by atoms with Gasteiger partial charge in [0.2, 0.25) is 5.95 Å². The molecule has 0 unspecified atom stereocenters. The van der Waals surface area contributed by atoms with Crippen molar-refractivity contribution in [1.82, 2.24) is 15.0 Å². The molecule has 7 heteroatoms. The molecular weight excluding hydrogens is 531 g/mol. The summed E-state index contributed by atoms with van der Waals surface area (Å²) in [6, 6.07) is 4.33. The molecule has 0 atom stereocenters. The van der Waals surface area contributed by atoms with Crippen LogP contribution in [0, 0.1) is 0 Å². The van der Waals surface area contributed by atoms with Crippen LogP contribution in [0.1, 0.15) is 144 Å². The molecule has 2 aromatic rings. The van der Waals surface area contributed by atoms with Gasteiger partial charge in [-0.05, 0) is 46.9 Å². The Hall–Kier alpha value is -1.47. The molecular formula is C33H57N5S2. The van der Waals surface area contributed by atoms with E-state index in [1.807, 2.05) is 0 Å². The van der Waals surface area contributed by atoms with Gasteiger partial charge in [0.15, 0.2) is 10.3 Å². The van der Waals surface area contributed by atoms with Crippen molar-refractivity contribution in [2.24, 2.45) is 0 Å². The third kappa shape index (κ3) is 12.6. The molecule has 40 heavy (non-hydrogen) atoms. The average Bonchev–Trinajstić information content (AvgIpc) is 2.87. The Kier molecular flexibility index (Phi) is 15.2. The standard InChI is InChI=1S/C33H57N5S2/c1-9-11-13-15-17-19-21-39-30-36-29(37-31(38-30)40-22-20-18-16-14-12-10-2)35-25-23-26(32(3,4)5)28(34)27(24-25)33(6,7)8/h23-24H,9-22,34H2,1-8H3,(H,35,36,37,38). The zero-order chi connectivity index (χ0) is 29.6. The number of hydrogen-bond donors (Lipinski definition) is 2. The normalized spacial score (nSPS) is 12.2. The number of nitrogen functional groups attached to an aromatic ring is 1. The van der Waals surface area contributed by atoms with Gasteiger partial charge in [0, 0.05) is 22.9 Å². The second kappa shape index (κ2) is 17.5. The molecule has 0 saturated carbocycles. The lowest BCUT2D eigenvalue weighted by molar-refractivity contribution is 0.573. The monoisotopic (exact) mass is 587 g/mol. The molecule has 0 saturated heterocycles. The summed E-state index contributed by atoms with van der Waals surface area (Å²) < 4.78 is 0. The number of thioether (sulfide) groups is 2. The fourth-order valence-corrected chi connectivity index (χ4v) is 6.43. The molecule has 1 aromatic carbocycles. The van der Waals surface area contributed by atoms with E-state index in [1.54, 1.807) is 23.5 Å². The Labute approximate surface area is 254 Å². The van der Waals surface area contributed by atoms with Crippen molar-refractivity contribution in [1.29, 1.82) is 0 Å². The zero-order valence-electron chi connectivity index (χ0n) is 26.8. The van der Waals surface area contributed by atoms with Gasteiger partial charge in [-0.1, -0.05) is 143 Å². The van der Waals surface area contributed by atoms with Gasteiger partial charge in [0.1, 0.15) is 0 Å². The highest BCUT2D eigenvalue weighted by Gasteiger charge is 2.25. The molecule has 0 spiro atoms. The van der Waals surface area contributed by atoms with Gasteiger partial charge in [-0.3, -0.25) is 0 Å². The summed E-state index contributed by atoms with van der Waals surface area (Å²) in [4.78, 5) is 14.5. The molecule has 3 N–H and O–H groups in total. The lowest BCUT2D eigenvalue weighted by Crippen LogP contribution is -2.21. The SMILES string of the molecule is CCCCCCCCSc1nc(Nc2cc(C(C)(C)C)c(N)c(C(C)(C)C)c2)nc(SCCCCCCCC)n1. The van der Waals surface area contributed by atoms with Crippen LogP contribution in [0.15, 0.2) is 22.4 Å². The van der Waals surface area contributed by atoms with Gasteiger partial charge in [-0.2, -0.15) is 15.0 Å². The molecule has 0 aliphatic rings. The van der Waals surface area contributed by atoms with E-state index < -0.39 is 0 Å². The van der Waals surface area contributed by atoms with Gasteiger partial charge in [-0.25, -0.2) is 0 Å². The summed E-state index contributed by atoms with van der Waals surface area (Å²) in [6.45, 7) is 17.8. The number of nitrogens with two attached hydrogens (primary N) is 1. The zero-order valence-corrected chi connectivity index (χ0v) is 28.4. The van der Waals surface area contributed by atoms with E-state index in [9.17, 15) is 0 Å². The lowest BCUT2D eigenvalue weighted by atomic mass is 9.78. The summed E-state index contributed by atoms with van der Waals surface area (Å²) in [7, 11) is 0. The summed E-state index contributed by atoms with van der Waals surface area (Å²) in [6.07, 6.45) is 15.5. The Morgan fingerprint density at radius 1 is 0.625 bits per heavy atom. The summed E-state index contributed by atoms with van der Waals surface area (Å²) >= 11 is 3.52. The predicted octanol–water partition coefficient (Wildman–Crippen LogP) is 10.7. The lowest BCUT2D eigenvalue weighted by Gasteiger charge is -2.29. The fourth-order valence-electron chi connectivity index (χ4n) is 4.71. The van der Waals surface area contributed by atoms with Gasteiger partial charge >= 0.3 is 0 Å². The van der Waals surface area contributed by atoms with Crippen LogP contribution in [0.5, 0.6) is 0 Å². The number of aromatic nitrogens is 3. The van der Waals surface area contributed by atoms with Gasteiger partial charge in [0.05, 0.1) is 0 Å². The first-order valence-electron chi connectivity index (χ1n) is 15.7. The first-order valence-corrected chi connectivity index (χ1v) is 17.7. The largest absolute Gasteiger partial charge is 0.398 e. The minimum atomic E-state index is -0.0723. The molecule has 0 aliphatic heterocycles. The molecule has 0 radical (unpaired) electrons. The van der Waals surface area contributed by atoms with Crippen molar-refractivity contribution in [3.8, 4) is 0 Å². The maximum Gasteiger partial charge on any atom is 0.232 e. The smallest absolute Gasteiger partial charge is 0.232 e. The van der Waals surface area contributed by atoms with Gasteiger partial charge in [0.25, 0.3) is 0 Å². The molecule has 1 aromatic heterocycles. The van der Waals surface area contributed by atoms with E-state index in [0.717, 1.165) is 44.3 Å². The highest BCUT2D eigenvalue weighted by Crippen LogP contribution is 2.39. The van der Waals surface area contributed by atoms with Crippen LogP contribution >= 0.6 is 23.5 Å². The van der Waals surface area contributed by atoms with Crippen LogP contribution in [-0.4, -0.2) is 26.5 Å². The number of hydrogen-bond acceptors (Lipinski definition) is 7. The van der Waals surface area contributed by atoms with Crippen LogP contribution in [0.3, 0.4) is 0 Å². The Bertz CT molecular complexity index is 940. The van der Waals surface area contributed by atoms with E-state index in [4.69, 9.17) is 20.7 Å². The number of rotatable bonds is 18. The predicted molar refractivity (Wildman–Crippen MR) is 180 cm³/mol. The van der Waals surface area contributed by atoms with Crippen molar-refractivity contribution >= 4 is 40.8 Å². The number of benzene rings is 1. The quantitative estimate of drug-likeness (QED) is 0.102. The number of nitrogens with zero attached hydrogens (tertiary/aromatic N) is 3. The van der Waals surface area contributed by atoms with Crippen molar-refractivity contribution < 1.29 is 0 Å². The third-order valence-electron chi connectivity index (χ3n) is 7.10. The van der Waals surface area contributed by atoms with E-state index >= 15 is 0 Å². The average molecular weight is 588 g/mol. The molecule has 2 rings (SSSR count). The van der Waals surface area contributed by atoms with E-state index in [-0.39, 0.29) is 10.8 Å². The van der Waals surface area contributed by atoms with Crippen LogP contribution in [-0.2, 0) is 10.8 Å². The van der Waals surface area contributed by atoms with Crippen LogP contribution < -0.4 is 11.1 Å². The molecule has 5 nitrogen and oxygen atoms in total. The molecule has 0 amide bonds. The second-order valence-corrected chi connectivity index (χ2v) is 15.2. The number of nitrogens with one attached hydrogen (secondary N) is 1. The van der Waals surface area contributed by atoms with Crippen molar-refractivity contribution in [2.75, 3.05) is 22.6 Å². The summed E-state index contributed by atoms with van der Waals surface area (Å²) in [5.41, 5.74) is 10.7. The summed E-state index contributed by atoms with van der Waals surface area (Å²) in [5.74, 6) is 2.71. The molecule has 226 valence electrons.